The summed E-state index contributed by atoms with van der Waals surface area (Å²) >= 11 is 0. The molecule has 0 saturated carbocycles. The Balaban J connectivity index is 2.29. The van der Waals surface area contributed by atoms with E-state index in [1.165, 1.54) is 12.3 Å². The maximum absolute atomic E-state index is 11.8. The molecule has 0 radical (unpaired) electrons. The van der Waals surface area contributed by atoms with Crippen LogP contribution < -0.4 is 11.4 Å². The van der Waals surface area contributed by atoms with E-state index in [2.05, 4.69) is 4.98 Å². The van der Waals surface area contributed by atoms with Crippen molar-refractivity contribution >= 4 is 5.82 Å². The highest BCUT2D eigenvalue weighted by molar-refractivity contribution is 5.23. The lowest BCUT2D eigenvalue weighted by Crippen LogP contribution is -2.38. The Bertz CT molecular complexity index is 507. The van der Waals surface area contributed by atoms with E-state index in [9.17, 15) is 9.90 Å². The molecule has 4 atom stereocenters. The monoisotopic (exact) mass is 287 g/mol. The van der Waals surface area contributed by atoms with Crippen molar-refractivity contribution in [2.45, 2.75) is 24.5 Å². The molecular weight excluding hydrogens is 270 g/mol. The van der Waals surface area contributed by atoms with Crippen LogP contribution in [0, 0.1) is 0 Å². The van der Waals surface area contributed by atoms with Gasteiger partial charge in [0.05, 0.1) is 19.8 Å². The average Bonchev–Trinajstić information content (AvgIpc) is 2.73. The summed E-state index contributed by atoms with van der Waals surface area (Å²) in [6, 6.07) is 1.41. The van der Waals surface area contributed by atoms with Crippen molar-refractivity contribution in [3.8, 4) is 0 Å². The molecule has 1 fully saturated rings. The van der Waals surface area contributed by atoms with Gasteiger partial charge in [0.2, 0.25) is 0 Å². The molecule has 2 rings (SSSR count). The van der Waals surface area contributed by atoms with E-state index in [1.54, 1.807) is 0 Å². The first-order chi connectivity index (χ1) is 9.58. The number of nitrogen functional groups attached to an aromatic ring is 1. The van der Waals surface area contributed by atoms with Crippen LogP contribution in [0.25, 0.3) is 0 Å². The minimum atomic E-state index is -1.12. The minimum absolute atomic E-state index is 0.0309. The van der Waals surface area contributed by atoms with E-state index < -0.39 is 36.8 Å². The number of rotatable bonds is 5. The Kier molecular flexibility index (Phi) is 4.68. The highest BCUT2D eigenvalue weighted by Gasteiger charge is 2.45. The second-order valence-corrected chi connectivity index (χ2v) is 4.34. The first-order valence-corrected chi connectivity index (χ1v) is 6.10. The molecule has 9 nitrogen and oxygen atoms in total. The highest BCUT2D eigenvalue weighted by Crippen LogP contribution is 2.30. The Morgan fingerprint density at radius 2 is 2.25 bits per heavy atom. The molecule has 1 aliphatic heterocycles. The lowest BCUT2D eigenvalue weighted by Gasteiger charge is -2.21. The van der Waals surface area contributed by atoms with Gasteiger partial charge in [-0.1, -0.05) is 0 Å². The number of hydrogen-bond donors (Lipinski definition) is 4. The van der Waals surface area contributed by atoms with Crippen molar-refractivity contribution in [2.75, 3.05) is 25.6 Å². The Morgan fingerprint density at radius 3 is 2.85 bits per heavy atom. The zero-order chi connectivity index (χ0) is 14.7. The van der Waals surface area contributed by atoms with Gasteiger partial charge in [0, 0.05) is 6.20 Å². The molecule has 0 spiro atoms. The van der Waals surface area contributed by atoms with E-state index in [0.717, 1.165) is 4.57 Å². The molecule has 0 aliphatic carbocycles. The number of anilines is 1. The van der Waals surface area contributed by atoms with Gasteiger partial charge in [-0.05, 0) is 6.07 Å². The molecule has 20 heavy (non-hydrogen) atoms. The summed E-state index contributed by atoms with van der Waals surface area (Å²) in [4.78, 5) is 15.4. The van der Waals surface area contributed by atoms with Crippen molar-refractivity contribution in [1.82, 2.24) is 9.55 Å². The first kappa shape index (κ1) is 14.9. The molecule has 1 aliphatic rings. The smallest absolute Gasteiger partial charge is 0.351 e. The summed E-state index contributed by atoms with van der Waals surface area (Å²) < 4.78 is 11.8. The average molecular weight is 287 g/mol. The van der Waals surface area contributed by atoms with Crippen molar-refractivity contribution in [3.05, 3.63) is 22.7 Å². The largest absolute Gasteiger partial charge is 0.394 e. The number of aliphatic hydroxyl groups is 3. The molecular formula is C11H17N3O6. The van der Waals surface area contributed by atoms with Crippen LogP contribution >= 0.6 is 0 Å². The van der Waals surface area contributed by atoms with Gasteiger partial charge in [0.25, 0.3) is 0 Å². The lowest BCUT2D eigenvalue weighted by atomic mass is 10.1. The van der Waals surface area contributed by atoms with E-state index in [0.29, 0.717) is 0 Å². The van der Waals surface area contributed by atoms with Gasteiger partial charge in [0.1, 0.15) is 24.1 Å². The van der Waals surface area contributed by atoms with E-state index in [1.807, 2.05) is 0 Å². The molecule has 0 bridgehead atoms. The second kappa shape index (κ2) is 6.29. The van der Waals surface area contributed by atoms with Crippen LogP contribution in [-0.2, 0) is 9.47 Å². The number of aliphatic hydroxyl groups excluding tert-OH is 3. The summed E-state index contributed by atoms with van der Waals surface area (Å²) in [6.07, 6.45) is -2.48. The van der Waals surface area contributed by atoms with Crippen molar-refractivity contribution < 1.29 is 24.8 Å². The summed E-state index contributed by atoms with van der Waals surface area (Å²) in [5.74, 6) is 0.0660. The fourth-order valence-electron chi connectivity index (χ4n) is 2.08. The van der Waals surface area contributed by atoms with E-state index >= 15 is 0 Å². The van der Waals surface area contributed by atoms with Gasteiger partial charge in [-0.2, -0.15) is 4.98 Å². The Morgan fingerprint density at radius 1 is 1.50 bits per heavy atom. The molecule has 1 aromatic heterocycles. The molecule has 2 heterocycles. The summed E-state index contributed by atoms with van der Waals surface area (Å²) in [6.45, 7) is -0.695. The van der Waals surface area contributed by atoms with Crippen molar-refractivity contribution in [1.29, 1.82) is 0 Å². The molecule has 9 heteroatoms. The second-order valence-electron chi connectivity index (χ2n) is 4.34. The predicted molar refractivity (Wildman–Crippen MR) is 66.7 cm³/mol. The van der Waals surface area contributed by atoms with Crippen LogP contribution in [0.1, 0.15) is 6.23 Å². The summed E-state index contributed by atoms with van der Waals surface area (Å²) in [5, 5.41) is 27.9. The summed E-state index contributed by atoms with van der Waals surface area (Å²) in [7, 11) is 0. The van der Waals surface area contributed by atoms with Gasteiger partial charge >= 0.3 is 5.69 Å². The third-order valence-corrected chi connectivity index (χ3v) is 3.02. The SMILES string of the molecule is Nc1ccn([C@@H]2O[C@H](CO)[C@H](O)C2OCCO)c(=O)n1. The number of ether oxygens (including phenoxy) is 2. The molecule has 1 aromatic rings. The van der Waals surface area contributed by atoms with Crippen LogP contribution in [0.3, 0.4) is 0 Å². The van der Waals surface area contributed by atoms with Crippen molar-refractivity contribution in [3.63, 3.8) is 0 Å². The zero-order valence-electron chi connectivity index (χ0n) is 10.6. The molecule has 0 amide bonds. The van der Waals surface area contributed by atoms with Crippen LogP contribution in [0.15, 0.2) is 17.1 Å². The number of aromatic nitrogens is 2. The third-order valence-electron chi connectivity index (χ3n) is 3.02. The van der Waals surface area contributed by atoms with Gasteiger partial charge in [-0.25, -0.2) is 4.79 Å². The van der Waals surface area contributed by atoms with Crippen LogP contribution in [-0.4, -0.2) is 63.0 Å². The van der Waals surface area contributed by atoms with Gasteiger partial charge in [0.15, 0.2) is 6.23 Å². The molecule has 1 saturated heterocycles. The van der Waals surface area contributed by atoms with E-state index in [4.69, 9.17) is 25.4 Å². The van der Waals surface area contributed by atoms with Crippen molar-refractivity contribution in [2.24, 2.45) is 0 Å². The third kappa shape index (κ3) is 2.81. The summed E-state index contributed by atoms with van der Waals surface area (Å²) in [5.41, 5.74) is 4.75. The maximum Gasteiger partial charge on any atom is 0.351 e. The minimum Gasteiger partial charge on any atom is -0.394 e. The Labute approximate surface area is 114 Å². The van der Waals surface area contributed by atoms with Crippen LogP contribution in [0.5, 0.6) is 0 Å². The lowest BCUT2D eigenvalue weighted by molar-refractivity contribution is -0.0796. The van der Waals surface area contributed by atoms with Gasteiger partial charge in [-0.3, -0.25) is 4.57 Å². The van der Waals surface area contributed by atoms with Crippen LogP contribution in [0.2, 0.25) is 0 Å². The maximum atomic E-state index is 11.8. The van der Waals surface area contributed by atoms with Crippen LogP contribution in [0.4, 0.5) is 5.82 Å². The molecule has 5 N–H and O–H groups in total. The van der Waals surface area contributed by atoms with E-state index in [-0.39, 0.29) is 19.0 Å². The first-order valence-electron chi connectivity index (χ1n) is 6.10. The molecule has 112 valence electrons. The Hall–Kier alpha value is -1.52. The topological polar surface area (TPSA) is 140 Å². The standard InChI is InChI=1S/C11H17N3O6/c12-7-1-2-14(11(18)13-7)10-9(19-4-3-15)8(17)6(5-16)20-10/h1-2,6,8-10,15-17H,3-5H2,(H2,12,13,18)/t6-,8+,9?,10-/m1/s1. The number of hydrogen-bond acceptors (Lipinski definition) is 8. The fourth-order valence-corrected chi connectivity index (χ4v) is 2.08. The quantitative estimate of drug-likeness (QED) is 0.464. The number of nitrogens with two attached hydrogens (primary N) is 1. The normalized spacial score (nSPS) is 29.8. The highest BCUT2D eigenvalue weighted by atomic mass is 16.6. The fraction of sp³-hybridized carbons (Fsp3) is 0.636. The zero-order valence-corrected chi connectivity index (χ0v) is 10.6. The number of nitrogens with zero attached hydrogens (tertiary/aromatic N) is 2. The molecule has 0 aromatic carbocycles. The van der Waals surface area contributed by atoms with Gasteiger partial charge < -0.3 is 30.5 Å². The molecule has 1 unspecified atom stereocenters. The van der Waals surface area contributed by atoms with Gasteiger partial charge in [-0.15, -0.1) is 0 Å². The predicted octanol–water partition coefficient (Wildman–Crippen LogP) is -2.55.